The normalized spacial score (nSPS) is 11.9. The summed E-state index contributed by atoms with van der Waals surface area (Å²) in [6.45, 7) is -1.44. The van der Waals surface area contributed by atoms with Crippen molar-refractivity contribution in [3.05, 3.63) is 24.0 Å². The van der Waals surface area contributed by atoms with Crippen molar-refractivity contribution in [3.63, 3.8) is 0 Å². The lowest BCUT2D eigenvalue weighted by molar-refractivity contribution is 0.271. The van der Waals surface area contributed by atoms with Crippen molar-refractivity contribution in [1.82, 2.24) is 0 Å². The largest absolute Gasteiger partial charge is 0.513 e. The van der Waals surface area contributed by atoms with E-state index in [2.05, 4.69) is 0 Å². The molecule has 0 aliphatic carbocycles. The molecule has 1 rings (SSSR count). The molecule has 0 fully saturated rings. The Bertz CT molecular complexity index is 362. The summed E-state index contributed by atoms with van der Waals surface area (Å²) >= 11 is 0. The van der Waals surface area contributed by atoms with Crippen molar-refractivity contribution in [2.24, 2.45) is 5.92 Å². The summed E-state index contributed by atoms with van der Waals surface area (Å²) in [7, 11) is 0. The van der Waals surface area contributed by atoms with Crippen molar-refractivity contribution in [2.75, 3.05) is 6.61 Å². The van der Waals surface area contributed by atoms with Crippen LogP contribution in [0.3, 0.4) is 0 Å². The van der Waals surface area contributed by atoms with Crippen LogP contribution in [0, 0.1) is 11.7 Å². The Hall–Kier alpha value is -1.20. The smallest absolute Gasteiger partial charge is 0.496 e. The number of benzene rings is 1. The van der Waals surface area contributed by atoms with Crippen LogP contribution in [0.1, 0.15) is 13.8 Å². The first-order chi connectivity index (χ1) is 7.30. The maximum atomic E-state index is 12.7. The highest BCUT2D eigenvalue weighted by Gasteiger charge is 2.29. The second-order valence-corrected chi connectivity index (χ2v) is 3.96. The molecule has 0 aliphatic rings. The van der Waals surface area contributed by atoms with Crippen LogP contribution in [0.5, 0.6) is 5.75 Å². The highest BCUT2D eigenvalue weighted by Crippen LogP contribution is 2.19. The van der Waals surface area contributed by atoms with Gasteiger partial charge in [0.05, 0.1) is 12.4 Å². The predicted octanol–water partition coefficient (Wildman–Crippen LogP) is 2.91. The molecule has 0 bridgehead atoms. The van der Waals surface area contributed by atoms with Crippen LogP contribution < -0.4 is 10.2 Å². The van der Waals surface area contributed by atoms with Crippen LogP contribution in [0.4, 0.5) is 17.3 Å². The molecule has 90 valence electrons. The molecule has 0 radical (unpaired) electrons. The van der Waals surface area contributed by atoms with Crippen LogP contribution in [0.15, 0.2) is 18.2 Å². The molecule has 0 spiro atoms. The van der Waals surface area contributed by atoms with Crippen LogP contribution in [0.2, 0.25) is 0 Å². The Morgan fingerprint density at radius 2 is 1.88 bits per heavy atom. The van der Waals surface area contributed by atoms with E-state index in [1.165, 1.54) is 0 Å². The molecule has 0 unspecified atom stereocenters. The fourth-order valence-electron chi connectivity index (χ4n) is 1.16. The van der Waals surface area contributed by atoms with Gasteiger partial charge in [0.1, 0.15) is 5.82 Å². The molecule has 1 aromatic carbocycles. The minimum atomic E-state index is -5.25. The summed E-state index contributed by atoms with van der Waals surface area (Å²) in [5.74, 6) is -1.10. The molecule has 1 aromatic rings. The molecule has 6 heteroatoms. The molecular formula is C10H12BF4O-. The third kappa shape index (κ3) is 3.43. The first-order valence-corrected chi connectivity index (χ1v) is 4.93. The zero-order valence-electron chi connectivity index (χ0n) is 9.01. The highest BCUT2D eigenvalue weighted by atomic mass is 19.4. The van der Waals surface area contributed by atoms with E-state index in [1.54, 1.807) is 0 Å². The molecular weight excluding hydrogens is 223 g/mol. The summed E-state index contributed by atoms with van der Waals surface area (Å²) in [5, 5.41) is 0. The van der Waals surface area contributed by atoms with Gasteiger partial charge in [-0.2, -0.15) is 0 Å². The van der Waals surface area contributed by atoms with E-state index in [1.807, 2.05) is 13.8 Å². The lowest BCUT2D eigenvalue weighted by Crippen LogP contribution is -2.36. The van der Waals surface area contributed by atoms with Gasteiger partial charge >= 0.3 is 6.98 Å². The Morgan fingerprint density at radius 1 is 1.25 bits per heavy atom. The van der Waals surface area contributed by atoms with E-state index >= 15 is 0 Å². The van der Waals surface area contributed by atoms with Crippen molar-refractivity contribution >= 4 is 12.4 Å². The van der Waals surface area contributed by atoms with Gasteiger partial charge in [0, 0.05) is 0 Å². The third-order valence-electron chi connectivity index (χ3n) is 1.90. The summed E-state index contributed by atoms with van der Waals surface area (Å²) in [5.41, 5.74) is -1.01. The second-order valence-electron chi connectivity index (χ2n) is 3.96. The van der Waals surface area contributed by atoms with Crippen molar-refractivity contribution in [2.45, 2.75) is 13.8 Å². The Morgan fingerprint density at radius 3 is 2.38 bits per heavy atom. The maximum absolute atomic E-state index is 12.7. The van der Waals surface area contributed by atoms with Gasteiger partial charge in [-0.25, -0.2) is 4.39 Å². The van der Waals surface area contributed by atoms with Crippen molar-refractivity contribution in [1.29, 1.82) is 0 Å². The second kappa shape index (κ2) is 4.76. The van der Waals surface area contributed by atoms with Crippen LogP contribution in [-0.4, -0.2) is 13.6 Å². The molecule has 0 saturated carbocycles. The molecule has 16 heavy (non-hydrogen) atoms. The van der Waals surface area contributed by atoms with E-state index in [-0.39, 0.29) is 18.3 Å². The van der Waals surface area contributed by atoms with Gasteiger partial charge in [0.2, 0.25) is 0 Å². The quantitative estimate of drug-likeness (QED) is 0.575. The first kappa shape index (κ1) is 12.9. The fourth-order valence-corrected chi connectivity index (χ4v) is 1.16. The Labute approximate surface area is 91.5 Å². The van der Waals surface area contributed by atoms with E-state index in [9.17, 15) is 17.3 Å². The number of hydrogen-bond donors (Lipinski definition) is 0. The van der Waals surface area contributed by atoms with Crippen LogP contribution in [-0.2, 0) is 0 Å². The minimum Gasteiger partial charge on any atom is -0.496 e. The van der Waals surface area contributed by atoms with E-state index in [0.717, 1.165) is 12.1 Å². The monoisotopic (exact) mass is 235 g/mol. The summed E-state index contributed by atoms with van der Waals surface area (Å²) in [6, 6.07) is 2.44. The van der Waals surface area contributed by atoms with Crippen molar-refractivity contribution in [3.8, 4) is 5.75 Å². The lowest BCUT2D eigenvalue weighted by Gasteiger charge is -2.20. The predicted molar refractivity (Wildman–Crippen MR) is 55.4 cm³/mol. The van der Waals surface area contributed by atoms with Crippen LogP contribution in [0.25, 0.3) is 0 Å². The number of rotatable bonds is 4. The number of hydrogen-bond acceptors (Lipinski definition) is 1. The molecule has 0 atom stereocenters. The summed E-state index contributed by atoms with van der Waals surface area (Å²) in [4.78, 5) is 0. The van der Waals surface area contributed by atoms with E-state index in [4.69, 9.17) is 4.74 Å². The molecule has 0 aromatic heterocycles. The Balaban J connectivity index is 2.99. The highest BCUT2D eigenvalue weighted by molar-refractivity contribution is 6.74. The topological polar surface area (TPSA) is 9.23 Å². The molecule has 1 nitrogen and oxygen atoms in total. The van der Waals surface area contributed by atoms with Gasteiger partial charge in [0.15, 0.2) is 0 Å². The molecule has 0 amide bonds. The fraction of sp³-hybridized carbons (Fsp3) is 0.400. The maximum Gasteiger partial charge on any atom is 0.513 e. The zero-order chi connectivity index (χ0) is 12.3. The molecule has 0 saturated heterocycles. The Kier molecular flexibility index (Phi) is 3.83. The summed E-state index contributed by atoms with van der Waals surface area (Å²) in [6.07, 6.45) is 0. The average molecular weight is 235 g/mol. The average Bonchev–Trinajstić information content (AvgIpc) is 2.14. The molecule has 0 N–H and O–H groups in total. The van der Waals surface area contributed by atoms with Crippen LogP contribution >= 0.6 is 0 Å². The van der Waals surface area contributed by atoms with Gasteiger partial charge in [0.25, 0.3) is 0 Å². The van der Waals surface area contributed by atoms with Gasteiger partial charge in [-0.05, 0) is 24.1 Å². The SMILES string of the molecule is CC(C)COc1ccc(F)cc1[B-](F)(F)F. The molecule has 0 aliphatic heterocycles. The lowest BCUT2D eigenvalue weighted by atomic mass is 9.79. The van der Waals surface area contributed by atoms with E-state index in [0.29, 0.717) is 6.07 Å². The van der Waals surface area contributed by atoms with Gasteiger partial charge < -0.3 is 17.7 Å². The third-order valence-corrected chi connectivity index (χ3v) is 1.90. The molecule has 0 heterocycles. The zero-order valence-corrected chi connectivity index (χ0v) is 9.01. The number of ether oxygens (including phenoxy) is 1. The van der Waals surface area contributed by atoms with E-state index < -0.39 is 18.3 Å². The van der Waals surface area contributed by atoms with Gasteiger partial charge in [-0.3, -0.25) is 0 Å². The number of halogens is 4. The standard InChI is InChI=1S/C10H12BF4O/c1-7(2)6-16-10-4-3-8(12)5-9(10)11(13,14)15/h3-5,7H,6H2,1-2H3/q-1. The van der Waals surface area contributed by atoms with Crippen molar-refractivity contribution < 1.29 is 22.1 Å². The minimum absolute atomic E-state index is 0.110. The van der Waals surface area contributed by atoms with Gasteiger partial charge in [-0.1, -0.05) is 19.3 Å². The van der Waals surface area contributed by atoms with Gasteiger partial charge in [-0.15, -0.1) is 0 Å². The first-order valence-electron chi connectivity index (χ1n) is 4.93. The summed E-state index contributed by atoms with van der Waals surface area (Å²) < 4.78 is 55.4.